The van der Waals surface area contributed by atoms with Crippen LogP contribution in [0.1, 0.15) is 59.3 Å². The topological polar surface area (TPSA) is 78.4 Å². The van der Waals surface area contributed by atoms with Gasteiger partial charge in [0.05, 0.1) is 0 Å². The van der Waals surface area contributed by atoms with Crippen LogP contribution in [0.4, 0.5) is 4.79 Å². The summed E-state index contributed by atoms with van der Waals surface area (Å²) in [6.45, 7) is 6.45. The summed E-state index contributed by atoms with van der Waals surface area (Å²) in [5.74, 6) is 0.344. The van der Waals surface area contributed by atoms with Crippen molar-refractivity contribution in [2.45, 2.75) is 71.4 Å². The third-order valence-electron chi connectivity index (χ3n) is 4.38. The number of hydrogen-bond acceptors (Lipinski definition) is 2. The largest absolute Gasteiger partial charge is 0.480 e. The first-order valence-electron chi connectivity index (χ1n) is 7.73. The van der Waals surface area contributed by atoms with E-state index in [0.717, 1.165) is 32.1 Å². The fourth-order valence-electron chi connectivity index (χ4n) is 2.73. The Morgan fingerprint density at radius 1 is 1.25 bits per heavy atom. The van der Waals surface area contributed by atoms with Crippen LogP contribution >= 0.6 is 0 Å². The molecule has 5 heteroatoms. The highest BCUT2D eigenvalue weighted by Gasteiger charge is 2.26. The molecule has 0 aliphatic heterocycles. The van der Waals surface area contributed by atoms with Gasteiger partial charge in [-0.3, -0.25) is 0 Å². The van der Waals surface area contributed by atoms with Crippen molar-refractivity contribution in [1.82, 2.24) is 10.6 Å². The minimum absolute atomic E-state index is 0.168. The Hall–Kier alpha value is -1.26. The summed E-state index contributed by atoms with van der Waals surface area (Å²) >= 11 is 0. The zero-order chi connectivity index (χ0) is 15.1. The van der Waals surface area contributed by atoms with Crippen molar-refractivity contribution in [2.24, 2.45) is 11.8 Å². The van der Waals surface area contributed by atoms with Gasteiger partial charge in [0.1, 0.15) is 6.04 Å². The van der Waals surface area contributed by atoms with Gasteiger partial charge in [-0.2, -0.15) is 0 Å². The van der Waals surface area contributed by atoms with E-state index in [1.807, 2.05) is 6.92 Å². The lowest BCUT2D eigenvalue weighted by Crippen LogP contribution is -2.50. The Labute approximate surface area is 121 Å². The van der Waals surface area contributed by atoms with Gasteiger partial charge < -0.3 is 15.7 Å². The summed E-state index contributed by atoms with van der Waals surface area (Å²) in [6.07, 6.45) is 5.27. The van der Waals surface area contributed by atoms with E-state index >= 15 is 0 Å². The van der Waals surface area contributed by atoms with Gasteiger partial charge in [0.25, 0.3) is 0 Å². The molecule has 5 nitrogen and oxygen atoms in total. The number of carbonyl (C=O) groups is 2. The first-order chi connectivity index (χ1) is 9.43. The van der Waals surface area contributed by atoms with Crippen molar-refractivity contribution < 1.29 is 14.7 Å². The molecule has 1 saturated carbocycles. The molecule has 0 aromatic rings. The fraction of sp³-hybridized carbons (Fsp3) is 0.867. The van der Waals surface area contributed by atoms with Crippen LogP contribution in [0.3, 0.4) is 0 Å². The monoisotopic (exact) mass is 284 g/mol. The Morgan fingerprint density at radius 2 is 1.95 bits per heavy atom. The smallest absolute Gasteiger partial charge is 0.326 e. The average molecular weight is 284 g/mol. The molecule has 0 spiro atoms. The molecule has 4 unspecified atom stereocenters. The maximum absolute atomic E-state index is 11.9. The maximum Gasteiger partial charge on any atom is 0.326 e. The molecule has 0 saturated heterocycles. The summed E-state index contributed by atoms with van der Waals surface area (Å²) in [4.78, 5) is 23.0. The molecule has 0 aromatic heterocycles. The highest BCUT2D eigenvalue weighted by molar-refractivity contribution is 5.82. The van der Waals surface area contributed by atoms with E-state index in [2.05, 4.69) is 24.5 Å². The van der Waals surface area contributed by atoms with Gasteiger partial charge in [0.2, 0.25) is 0 Å². The molecule has 1 aliphatic rings. The van der Waals surface area contributed by atoms with Crippen LogP contribution in [0.15, 0.2) is 0 Å². The van der Waals surface area contributed by atoms with Crippen LogP contribution in [0.25, 0.3) is 0 Å². The lowest BCUT2D eigenvalue weighted by Gasteiger charge is -2.32. The molecule has 3 N–H and O–H groups in total. The summed E-state index contributed by atoms with van der Waals surface area (Å²) in [7, 11) is 0. The van der Waals surface area contributed by atoms with Crippen LogP contribution in [-0.2, 0) is 4.79 Å². The van der Waals surface area contributed by atoms with Crippen LogP contribution in [-0.4, -0.2) is 29.2 Å². The molecular weight excluding hydrogens is 256 g/mol. The first-order valence-corrected chi connectivity index (χ1v) is 7.73. The van der Waals surface area contributed by atoms with E-state index in [4.69, 9.17) is 5.11 Å². The summed E-state index contributed by atoms with van der Waals surface area (Å²) in [5.41, 5.74) is 0. The second-order valence-corrected chi connectivity index (χ2v) is 6.12. The van der Waals surface area contributed by atoms with Gasteiger partial charge in [0.15, 0.2) is 0 Å². The van der Waals surface area contributed by atoms with E-state index in [-0.39, 0.29) is 12.1 Å². The Kier molecular flexibility index (Phi) is 6.82. The molecule has 1 rings (SSSR count). The molecule has 2 amide bonds. The number of rotatable bonds is 6. The summed E-state index contributed by atoms with van der Waals surface area (Å²) < 4.78 is 0. The lowest BCUT2D eigenvalue weighted by atomic mass is 9.79. The van der Waals surface area contributed by atoms with Crippen molar-refractivity contribution in [1.29, 1.82) is 0 Å². The van der Waals surface area contributed by atoms with Gasteiger partial charge >= 0.3 is 12.0 Å². The van der Waals surface area contributed by atoms with Gasteiger partial charge in [0, 0.05) is 6.04 Å². The van der Waals surface area contributed by atoms with Crippen molar-refractivity contribution in [3.8, 4) is 0 Å². The summed E-state index contributed by atoms with van der Waals surface area (Å²) in [5, 5.41) is 14.6. The minimum Gasteiger partial charge on any atom is -0.480 e. The Bertz CT molecular complexity index is 333. The van der Waals surface area contributed by atoms with Crippen LogP contribution < -0.4 is 10.6 Å². The molecule has 0 radical (unpaired) electrons. The maximum atomic E-state index is 11.9. The molecule has 116 valence electrons. The van der Waals surface area contributed by atoms with Gasteiger partial charge in [-0.25, -0.2) is 9.59 Å². The first kappa shape index (κ1) is 16.8. The molecule has 0 aromatic carbocycles. The fourth-order valence-corrected chi connectivity index (χ4v) is 2.73. The molecule has 1 fully saturated rings. The number of carbonyl (C=O) groups excluding carboxylic acids is 1. The predicted octanol–water partition coefficient (Wildman–Crippen LogP) is 2.75. The number of urea groups is 1. The molecule has 0 bridgehead atoms. The molecule has 20 heavy (non-hydrogen) atoms. The zero-order valence-corrected chi connectivity index (χ0v) is 12.8. The van der Waals surface area contributed by atoms with Crippen LogP contribution in [0.2, 0.25) is 0 Å². The molecule has 1 aliphatic carbocycles. The molecule has 0 heterocycles. The van der Waals surface area contributed by atoms with Gasteiger partial charge in [-0.15, -0.1) is 0 Å². The van der Waals surface area contributed by atoms with Gasteiger partial charge in [-0.05, 0) is 37.5 Å². The second kappa shape index (κ2) is 8.12. The highest BCUT2D eigenvalue weighted by Crippen LogP contribution is 2.29. The number of nitrogens with one attached hydrogen (secondary N) is 2. The van der Waals surface area contributed by atoms with Crippen LogP contribution in [0.5, 0.6) is 0 Å². The number of aliphatic carboxylic acids is 1. The van der Waals surface area contributed by atoms with E-state index in [0.29, 0.717) is 18.3 Å². The SMILES string of the molecule is CCCCC(NC(=O)NC1CCC(C)C(C)C1)C(=O)O. The average Bonchev–Trinajstić information content (AvgIpc) is 2.38. The van der Waals surface area contributed by atoms with Crippen molar-refractivity contribution in [2.75, 3.05) is 0 Å². The van der Waals surface area contributed by atoms with E-state index < -0.39 is 12.0 Å². The predicted molar refractivity (Wildman–Crippen MR) is 78.6 cm³/mol. The lowest BCUT2D eigenvalue weighted by molar-refractivity contribution is -0.139. The number of carboxylic acids is 1. The van der Waals surface area contributed by atoms with E-state index in [1.165, 1.54) is 0 Å². The minimum atomic E-state index is -0.959. The van der Waals surface area contributed by atoms with Crippen molar-refractivity contribution in [3.63, 3.8) is 0 Å². The third kappa shape index (κ3) is 5.39. The van der Waals surface area contributed by atoms with Crippen molar-refractivity contribution in [3.05, 3.63) is 0 Å². The second-order valence-electron chi connectivity index (χ2n) is 6.12. The van der Waals surface area contributed by atoms with E-state index in [9.17, 15) is 9.59 Å². The quantitative estimate of drug-likeness (QED) is 0.701. The number of hydrogen-bond donors (Lipinski definition) is 3. The number of unbranched alkanes of at least 4 members (excludes halogenated alkanes) is 1. The number of amides is 2. The normalized spacial score (nSPS) is 27.6. The number of carboxylic acid groups (broad SMARTS) is 1. The molecular formula is C15H28N2O3. The van der Waals surface area contributed by atoms with E-state index in [1.54, 1.807) is 0 Å². The van der Waals surface area contributed by atoms with Gasteiger partial charge in [-0.1, -0.05) is 33.6 Å². The zero-order valence-electron chi connectivity index (χ0n) is 12.8. The summed E-state index contributed by atoms with van der Waals surface area (Å²) in [6, 6.07) is -0.961. The van der Waals surface area contributed by atoms with Crippen molar-refractivity contribution >= 4 is 12.0 Å². The third-order valence-corrected chi connectivity index (χ3v) is 4.38. The highest BCUT2D eigenvalue weighted by atomic mass is 16.4. The Balaban J connectivity index is 2.39. The Morgan fingerprint density at radius 3 is 2.50 bits per heavy atom. The molecule has 4 atom stereocenters. The van der Waals surface area contributed by atoms with Crippen LogP contribution in [0, 0.1) is 11.8 Å². The standard InChI is InChI=1S/C15H28N2O3/c1-4-5-6-13(14(18)19)17-15(20)16-12-8-7-10(2)11(3)9-12/h10-13H,4-9H2,1-3H3,(H,18,19)(H2,16,17,20).